The smallest absolute Gasteiger partial charge is 0.270 e. The topological polar surface area (TPSA) is 109 Å². The van der Waals surface area contributed by atoms with Gasteiger partial charge in [-0.1, -0.05) is 0 Å². The standard InChI is InChI=1S/C19H20N4O4S/c1-9(2)23-17-15(19(26)22-23)16(28-8-14(24)21-17)12-7-10-6-11(27-3)4-5-13(10)20-18(12)25/h4-7,9,16H,8H2,1-3H3,(H,20,25)(H,21,24)(H,22,26)/t16-/m1/s1. The molecule has 1 aliphatic heterocycles. The fourth-order valence-electron chi connectivity index (χ4n) is 3.40. The average molecular weight is 400 g/mol. The van der Waals surface area contributed by atoms with E-state index >= 15 is 0 Å². The van der Waals surface area contributed by atoms with E-state index in [1.165, 1.54) is 11.8 Å². The van der Waals surface area contributed by atoms with Crippen molar-refractivity contribution in [2.75, 3.05) is 18.2 Å². The highest BCUT2D eigenvalue weighted by atomic mass is 32.2. The van der Waals surface area contributed by atoms with Gasteiger partial charge < -0.3 is 15.0 Å². The first kappa shape index (κ1) is 18.4. The minimum absolute atomic E-state index is 0.0559. The van der Waals surface area contributed by atoms with Gasteiger partial charge >= 0.3 is 0 Å². The van der Waals surface area contributed by atoms with Crippen molar-refractivity contribution in [1.82, 2.24) is 14.8 Å². The van der Waals surface area contributed by atoms with Gasteiger partial charge in [-0.15, -0.1) is 11.8 Å². The van der Waals surface area contributed by atoms with Gasteiger partial charge in [0.2, 0.25) is 5.91 Å². The Balaban J connectivity index is 1.95. The molecule has 3 heterocycles. The van der Waals surface area contributed by atoms with E-state index in [4.69, 9.17) is 4.74 Å². The number of nitrogens with zero attached hydrogens (tertiary/aromatic N) is 1. The van der Waals surface area contributed by atoms with Gasteiger partial charge in [-0.3, -0.25) is 24.2 Å². The molecule has 0 fully saturated rings. The number of hydrogen-bond acceptors (Lipinski definition) is 5. The van der Waals surface area contributed by atoms with E-state index in [-0.39, 0.29) is 28.8 Å². The number of rotatable bonds is 3. The van der Waals surface area contributed by atoms with Gasteiger partial charge in [0.05, 0.1) is 23.7 Å². The minimum atomic E-state index is -0.572. The molecular weight excluding hydrogens is 380 g/mol. The van der Waals surface area contributed by atoms with Crippen molar-refractivity contribution in [1.29, 1.82) is 0 Å². The molecule has 0 spiro atoms. The predicted molar refractivity (Wildman–Crippen MR) is 109 cm³/mol. The Morgan fingerprint density at radius 2 is 1.96 bits per heavy atom. The molecule has 4 rings (SSSR count). The summed E-state index contributed by atoms with van der Waals surface area (Å²) in [7, 11) is 1.58. The lowest BCUT2D eigenvalue weighted by molar-refractivity contribution is -0.113. The molecule has 3 aromatic rings. The van der Waals surface area contributed by atoms with Crippen LogP contribution in [0.2, 0.25) is 0 Å². The molecule has 0 saturated heterocycles. The molecule has 0 unspecified atom stereocenters. The van der Waals surface area contributed by atoms with E-state index in [9.17, 15) is 14.4 Å². The number of pyridine rings is 1. The minimum Gasteiger partial charge on any atom is -0.497 e. The molecule has 0 saturated carbocycles. The summed E-state index contributed by atoms with van der Waals surface area (Å²) in [4.78, 5) is 40.6. The summed E-state index contributed by atoms with van der Waals surface area (Å²) >= 11 is 1.26. The van der Waals surface area contributed by atoms with Crippen LogP contribution < -0.4 is 21.2 Å². The third kappa shape index (κ3) is 3.01. The third-order valence-electron chi connectivity index (χ3n) is 4.74. The molecule has 3 N–H and O–H groups in total. The van der Waals surface area contributed by atoms with Crippen LogP contribution in [0.1, 0.15) is 36.3 Å². The monoisotopic (exact) mass is 400 g/mol. The van der Waals surface area contributed by atoms with Crippen molar-refractivity contribution in [2.45, 2.75) is 25.1 Å². The maximum atomic E-state index is 12.8. The molecule has 9 heteroatoms. The van der Waals surface area contributed by atoms with E-state index in [0.29, 0.717) is 28.2 Å². The second-order valence-electron chi connectivity index (χ2n) is 6.91. The number of carbonyl (C=O) groups is 1. The van der Waals surface area contributed by atoms with Crippen LogP contribution in [0.3, 0.4) is 0 Å². The number of aromatic nitrogens is 3. The average Bonchev–Trinajstić information content (AvgIpc) is 2.87. The van der Waals surface area contributed by atoms with Crippen LogP contribution >= 0.6 is 11.8 Å². The number of fused-ring (bicyclic) bond motifs is 2. The summed E-state index contributed by atoms with van der Waals surface area (Å²) in [5.41, 5.74) is 0.893. The number of hydrogen-bond donors (Lipinski definition) is 3. The molecule has 146 valence electrons. The second-order valence-corrected chi connectivity index (χ2v) is 8.01. The van der Waals surface area contributed by atoms with Crippen molar-refractivity contribution in [3.05, 3.63) is 56.1 Å². The molecule has 8 nitrogen and oxygen atoms in total. The molecule has 1 aromatic carbocycles. The zero-order valence-electron chi connectivity index (χ0n) is 15.7. The van der Waals surface area contributed by atoms with Gasteiger partial charge in [0.25, 0.3) is 11.1 Å². The molecular formula is C19H20N4O4S. The third-order valence-corrected chi connectivity index (χ3v) is 5.99. The van der Waals surface area contributed by atoms with E-state index in [1.54, 1.807) is 30.0 Å². The highest BCUT2D eigenvalue weighted by molar-refractivity contribution is 8.00. The SMILES string of the molecule is COc1ccc2[nH]c(=O)c([C@H]3SCC(=O)Nc4c3c(=O)[nH]n4C(C)C)cc2c1. The van der Waals surface area contributed by atoms with Gasteiger partial charge in [-0.2, -0.15) is 0 Å². The Morgan fingerprint density at radius 1 is 1.18 bits per heavy atom. The molecule has 0 aliphatic carbocycles. The van der Waals surface area contributed by atoms with Crippen molar-refractivity contribution in [3.8, 4) is 5.75 Å². The summed E-state index contributed by atoms with van der Waals surface area (Å²) < 4.78 is 6.90. The number of nitrogens with one attached hydrogen (secondary N) is 3. The van der Waals surface area contributed by atoms with Gasteiger partial charge in [-0.05, 0) is 38.1 Å². The molecule has 1 amide bonds. The summed E-state index contributed by atoms with van der Waals surface area (Å²) in [6.07, 6.45) is 0. The number of aromatic amines is 2. The number of H-pyrrole nitrogens is 2. The van der Waals surface area contributed by atoms with Gasteiger partial charge in [0.1, 0.15) is 11.6 Å². The highest BCUT2D eigenvalue weighted by Gasteiger charge is 2.32. The summed E-state index contributed by atoms with van der Waals surface area (Å²) in [6, 6.07) is 7.08. The first-order valence-electron chi connectivity index (χ1n) is 8.86. The van der Waals surface area contributed by atoms with Crippen LogP contribution in [0.25, 0.3) is 10.9 Å². The summed E-state index contributed by atoms with van der Waals surface area (Å²) in [5, 5.41) is 5.80. The number of methoxy groups -OCH3 is 1. The number of benzene rings is 1. The Bertz CT molecular complexity index is 1190. The first-order valence-corrected chi connectivity index (χ1v) is 9.90. The molecule has 1 atom stereocenters. The molecule has 0 radical (unpaired) electrons. The normalized spacial score (nSPS) is 16.7. The number of ether oxygens (including phenoxy) is 1. The fraction of sp³-hybridized carbons (Fsp3) is 0.316. The Kier molecular flexibility index (Phi) is 4.54. The van der Waals surface area contributed by atoms with Crippen molar-refractivity contribution in [2.24, 2.45) is 0 Å². The van der Waals surface area contributed by atoms with Gasteiger partial charge in [0, 0.05) is 22.5 Å². The first-order chi connectivity index (χ1) is 13.4. The van der Waals surface area contributed by atoms with Crippen molar-refractivity contribution < 1.29 is 9.53 Å². The van der Waals surface area contributed by atoms with Crippen LogP contribution in [0.5, 0.6) is 5.75 Å². The second kappa shape index (κ2) is 6.90. The maximum Gasteiger partial charge on any atom is 0.270 e. The number of anilines is 1. The fourth-order valence-corrected chi connectivity index (χ4v) is 4.53. The Morgan fingerprint density at radius 3 is 2.68 bits per heavy atom. The number of thioether (sulfide) groups is 1. The lowest BCUT2D eigenvalue weighted by Gasteiger charge is -2.15. The maximum absolute atomic E-state index is 12.8. The lowest BCUT2D eigenvalue weighted by Crippen LogP contribution is -2.19. The van der Waals surface area contributed by atoms with Crippen LogP contribution in [0, 0.1) is 0 Å². The Labute approximate surface area is 164 Å². The molecule has 1 aliphatic rings. The van der Waals surface area contributed by atoms with E-state index < -0.39 is 5.25 Å². The van der Waals surface area contributed by atoms with Crippen LogP contribution in [0.4, 0.5) is 5.82 Å². The zero-order valence-corrected chi connectivity index (χ0v) is 16.5. The van der Waals surface area contributed by atoms with E-state index in [2.05, 4.69) is 15.4 Å². The highest BCUT2D eigenvalue weighted by Crippen LogP contribution is 2.39. The van der Waals surface area contributed by atoms with Gasteiger partial charge in [-0.25, -0.2) is 0 Å². The van der Waals surface area contributed by atoms with Crippen LogP contribution in [-0.4, -0.2) is 33.5 Å². The number of carbonyl (C=O) groups excluding carboxylic acids is 1. The van der Waals surface area contributed by atoms with E-state index in [0.717, 1.165) is 5.39 Å². The van der Waals surface area contributed by atoms with Crippen molar-refractivity contribution in [3.63, 3.8) is 0 Å². The molecule has 0 bridgehead atoms. The lowest BCUT2D eigenvalue weighted by atomic mass is 10.1. The largest absolute Gasteiger partial charge is 0.497 e. The summed E-state index contributed by atoms with van der Waals surface area (Å²) in [5.74, 6) is 1.03. The van der Waals surface area contributed by atoms with E-state index in [1.807, 2.05) is 19.9 Å². The molecule has 28 heavy (non-hydrogen) atoms. The van der Waals surface area contributed by atoms with Crippen LogP contribution in [0.15, 0.2) is 33.9 Å². The Hall–Kier alpha value is -2.94. The van der Waals surface area contributed by atoms with Gasteiger partial charge in [0.15, 0.2) is 0 Å². The zero-order chi connectivity index (χ0) is 20.0. The predicted octanol–water partition coefficient (Wildman–Crippen LogP) is 2.38. The molecule has 2 aromatic heterocycles. The van der Waals surface area contributed by atoms with Crippen molar-refractivity contribution >= 4 is 34.4 Å². The quantitative estimate of drug-likeness (QED) is 0.625. The van der Waals surface area contributed by atoms with Crippen LogP contribution in [-0.2, 0) is 4.79 Å². The number of amides is 1. The summed E-state index contributed by atoms with van der Waals surface area (Å²) in [6.45, 7) is 3.81.